The highest BCUT2D eigenvalue weighted by atomic mass is 35.5. The van der Waals surface area contributed by atoms with Crippen LogP contribution in [0.15, 0.2) is 0 Å². The highest BCUT2D eigenvalue weighted by Gasteiger charge is 2.04. The van der Waals surface area contributed by atoms with Gasteiger partial charge in [-0.1, -0.05) is 0 Å². The lowest BCUT2D eigenvalue weighted by atomic mass is 10.4. The molecule has 0 saturated carbocycles. The molecule has 0 aliphatic heterocycles. The van der Waals surface area contributed by atoms with Gasteiger partial charge >= 0.3 is 5.97 Å². The van der Waals surface area contributed by atoms with Gasteiger partial charge in [0.15, 0.2) is 0 Å². The molecule has 1 atom stereocenters. The summed E-state index contributed by atoms with van der Waals surface area (Å²) < 4.78 is 9.64. The second-order valence-corrected chi connectivity index (χ2v) is 2.16. The molecule has 0 aliphatic carbocycles. The lowest BCUT2D eigenvalue weighted by molar-refractivity contribution is -0.150. The highest BCUT2D eigenvalue weighted by Crippen LogP contribution is 1.88. The van der Waals surface area contributed by atoms with E-state index in [2.05, 4.69) is 4.74 Å². The lowest BCUT2D eigenvalue weighted by Crippen LogP contribution is -2.24. The zero-order valence-electron chi connectivity index (χ0n) is 7.41. The second-order valence-electron chi connectivity index (χ2n) is 2.16. The van der Waals surface area contributed by atoms with E-state index in [9.17, 15) is 4.79 Å². The Bertz CT molecular complexity index is 121. The zero-order chi connectivity index (χ0) is 8.69. The van der Waals surface area contributed by atoms with E-state index in [0.29, 0.717) is 13.2 Å². The van der Waals surface area contributed by atoms with Crippen molar-refractivity contribution < 1.29 is 14.3 Å². The maximum Gasteiger partial charge on any atom is 0.332 e. The summed E-state index contributed by atoms with van der Waals surface area (Å²) in [5.74, 6) is -0.340. The van der Waals surface area contributed by atoms with Crippen LogP contribution >= 0.6 is 12.4 Å². The Morgan fingerprint density at radius 2 is 2.17 bits per heavy atom. The third-order valence-corrected chi connectivity index (χ3v) is 1.12. The van der Waals surface area contributed by atoms with E-state index < -0.39 is 0 Å². The van der Waals surface area contributed by atoms with E-state index in [-0.39, 0.29) is 31.1 Å². The number of carbonyl (C=O) groups is 1. The Morgan fingerprint density at radius 1 is 1.58 bits per heavy atom. The fourth-order valence-corrected chi connectivity index (χ4v) is 0.481. The monoisotopic (exact) mass is 197 g/mol. The first kappa shape index (κ1) is 14.2. The average Bonchev–Trinajstić information content (AvgIpc) is 2.01. The molecule has 0 unspecified atom stereocenters. The summed E-state index contributed by atoms with van der Waals surface area (Å²) in [4.78, 5) is 10.7. The first-order valence-electron chi connectivity index (χ1n) is 3.68. The van der Waals surface area contributed by atoms with Crippen LogP contribution in [0.3, 0.4) is 0 Å². The number of halogens is 1. The minimum absolute atomic E-state index is 0. The molecule has 0 spiro atoms. The zero-order valence-corrected chi connectivity index (χ0v) is 8.23. The minimum atomic E-state index is -0.340. The topological polar surface area (TPSA) is 61.5 Å². The van der Waals surface area contributed by atoms with E-state index in [1.54, 1.807) is 13.8 Å². The Kier molecular flexibility index (Phi) is 10.4. The molecule has 0 amide bonds. The van der Waals surface area contributed by atoms with Crippen LogP contribution in [0.2, 0.25) is 0 Å². The van der Waals surface area contributed by atoms with E-state index in [0.717, 1.165) is 0 Å². The number of hydrogen-bond acceptors (Lipinski definition) is 4. The van der Waals surface area contributed by atoms with Gasteiger partial charge in [0.2, 0.25) is 0 Å². The molecule has 5 heteroatoms. The second kappa shape index (κ2) is 8.77. The molecule has 12 heavy (non-hydrogen) atoms. The molecule has 0 saturated heterocycles. The van der Waals surface area contributed by atoms with Crippen molar-refractivity contribution in [1.82, 2.24) is 0 Å². The van der Waals surface area contributed by atoms with Crippen molar-refractivity contribution in [2.24, 2.45) is 5.73 Å². The Labute approximate surface area is 78.8 Å². The van der Waals surface area contributed by atoms with Crippen LogP contribution in [0.4, 0.5) is 0 Å². The molecular formula is C7H16ClNO3. The van der Waals surface area contributed by atoms with Crippen molar-refractivity contribution in [3.63, 3.8) is 0 Å². The largest absolute Gasteiger partial charge is 0.464 e. The predicted octanol–water partition coefficient (Wildman–Crippen LogP) is 0.335. The average molecular weight is 198 g/mol. The number of rotatable bonds is 5. The summed E-state index contributed by atoms with van der Waals surface area (Å²) in [5.41, 5.74) is 5.26. The number of esters is 1. The van der Waals surface area contributed by atoms with Crippen LogP contribution in [-0.4, -0.2) is 31.8 Å². The first-order valence-corrected chi connectivity index (χ1v) is 3.68. The molecule has 0 aromatic rings. The summed E-state index contributed by atoms with van der Waals surface area (Å²) in [6, 6.07) is 0. The minimum Gasteiger partial charge on any atom is -0.464 e. The van der Waals surface area contributed by atoms with Gasteiger partial charge < -0.3 is 15.2 Å². The summed E-state index contributed by atoms with van der Waals surface area (Å²) in [7, 11) is 0. The molecule has 0 aromatic carbocycles. The molecule has 0 aliphatic rings. The Balaban J connectivity index is 0. The molecule has 0 radical (unpaired) electrons. The molecule has 0 fully saturated rings. The third-order valence-electron chi connectivity index (χ3n) is 1.12. The van der Waals surface area contributed by atoms with Crippen LogP contribution in [0.5, 0.6) is 0 Å². The maximum atomic E-state index is 10.7. The van der Waals surface area contributed by atoms with E-state index in [1.807, 2.05) is 0 Å². The standard InChI is InChI=1S/C7H15NO3.ClH/c1-3-10-7(9)5-11-6(2)4-8;/h6H,3-5,8H2,1-2H3;1H/t6-;/m0./s1. The molecular weight excluding hydrogens is 182 g/mol. The van der Waals surface area contributed by atoms with Gasteiger partial charge in [-0.05, 0) is 13.8 Å². The normalized spacial score (nSPS) is 11.6. The van der Waals surface area contributed by atoms with Crippen LogP contribution in [0, 0.1) is 0 Å². The molecule has 4 nitrogen and oxygen atoms in total. The fourth-order valence-electron chi connectivity index (χ4n) is 0.481. The van der Waals surface area contributed by atoms with Crippen molar-refractivity contribution >= 4 is 18.4 Å². The van der Waals surface area contributed by atoms with Gasteiger partial charge in [-0.3, -0.25) is 0 Å². The highest BCUT2D eigenvalue weighted by molar-refractivity contribution is 5.85. The molecule has 74 valence electrons. The van der Waals surface area contributed by atoms with Gasteiger partial charge in [0, 0.05) is 6.54 Å². The number of ether oxygens (including phenoxy) is 2. The molecule has 0 heterocycles. The van der Waals surface area contributed by atoms with Gasteiger partial charge in [0.25, 0.3) is 0 Å². The van der Waals surface area contributed by atoms with Crippen molar-refractivity contribution in [2.45, 2.75) is 20.0 Å². The summed E-state index contributed by atoms with van der Waals surface area (Å²) in [6.07, 6.45) is -0.0839. The first-order chi connectivity index (χ1) is 5.20. The molecule has 0 rings (SSSR count). The SMILES string of the molecule is CCOC(=O)CO[C@@H](C)CN.Cl. The fraction of sp³-hybridized carbons (Fsp3) is 0.857. The van der Waals surface area contributed by atoms with Gasteiger partial charge in [-0.15, -0.1) is 12.4 Å². The van der Waals surface area contributed by atoms with Crippen LogP contribution in [0.1, 0.15) is 13.8 Å². The number of carbonyl (C=O) groups excluding carboxylic acids is 1. The van der Waals surface area contributed by atoms with Gasteiger partial charge in [-0.2, -0.15) is 0 Å². The van der Waals surface area contributed by atoms with Crippen molar-refractivity contribution in [3.8, 4) is 0 Å². The van der Waals surface area contributed by atoms with Crippen LogP contribution in [-0.2, 0) is 14.3 Å². The summed E-state index contributed by atoms with van der Waals surface area (Å²) in [5, 5.41) is 0. The lowest BCUT2D eigenvalue weighted by Gasteiger charge is -2.08. The van der Waals surface area contributed by atoms with Crippen molar-refractivity contribution in [2.75, 3.05) is 19.8 Å². The van der Waals surface area contributed by atoms with Crippen LogP contribution in [0.25, 0.3) is 0 Å². The van der Waals surface area contributed by atoms with Crippen molar-refractivity contribution in [3.05, 3.63) is 0 Å². The quantitative estimate of drug-likeness (QED) is 0.646. The van der Waals surface area contributed by atoms with E-state index in [4.69, 9.17) is 10.5 Å². The smallest absolute Gasteiger partial charge is 0.332 e. The van der Waals surface area contributed by atoms with E-state index in [1.165, 1.54) is 0 Å². The van der Waals surface area contributed by atoms with Gasteiger partial charge in [-0.25, -0.2) is 4.79 Å². The van der Waals surface area contributed by atoms with Crippen LogP contribution < -0.4 is 5.73 Å². The molecule has 0 aromatic heterocycles. The maximum absolute atomic E-state index is 10.7. The third kappa shape index (κ3) is 7.78. The van der Waals surface area contributed by atoms with Crippen molar-refractivity contribution in [1.29, 1.82) is 0 Å². The predicted molar refractivity (Wildman–Crippen MR) is 48.3 cm³/mol. The Morgan fingerprint density at radius 3 is 2.58 bits per heavy atom. The number of nitrogens with two attached hydrogens (primary N) is 1. The Hall–Kier alpha value is -0.320. The van der Waals surface area contributed by atoms with E-state index >= 15 is 0 Å². The summed E-state index contributed by atoms with van der Waals surface area (Å²) >= 11 is 0. The number of hydrogen-bond donors (Lipinski definition) is 1. The van der Waals surface area contributed by atoms with Gasteiger partial charge in [0.1, 0.15) is 6.61 Å². The summed E-state index contributed by atoms with van der Waals surface area (Å²) in [6.45, 7) is 4.36. The molecule has 2 N–H and O–H groups in total. The van der Waals surface area contributed by atoms with Gasteiger partial charge in [0.05, 0.1) is 12.7 Å². The molecule has 0 bridgehead atoms.